The highest BCUT2D eigenvalue weighted by atomic mass is 32.2. The summed E-state index contributed by atoms with van der Waals surface area (Å²) in [6.07, 6.45) is 2.36. The van der Waals surface area contributed by atoms with Crippen molar-refractivity contribution in [2.75, 3.05) is 28.0 Å². The van der Waals surface area contributed by atoms with E-state index in [9.17, 15) is 8.42 Å². The zero-order valence-corrected chi connectivity index (χ0v) is 19.0. The van der Waals surface area contributed by atoms with Gasteiger partial charge in [-0.25, -0.2) is 13.4 Å². The second-order valence-electron chi connectivity index (χ2n) is 7.82. The van der Waals surface area contributed by atoms with Gasteiger partial charge in [0, 0.05) is 43.3 Å². The van der Waals surface area contributed by atoms with Gasteiger partial charge in [-0.15, -0.1) is 0 Å². The Morgan fingerprint density at radius 2 is 1.61 bits per heavy atom. The summed E-state index contributed by atoms with van der Waals surface area (Å²) in [6.45, 7) is 7.40. The average Bonchev–Trinajstić information content (AvgIpc) is 3.31. The SMILES string of the molecule is Cc1cc(N2CCCC2)nc(Nc2ccc(NS(=O)(=O)c3c(C)nn(C)c3C)cc2)n1. The van der Waals surface area contributed by atoms with Gasteiger partial charge in [0.25, 0.3) is 10.0 Å². The third kappa shape index (κ3) is 4.48. The van der Waals surface area contributed by atoms with Crippen LogP contribution in [0.2, 0.25) is 0 Å². The van der Waals surface area contributed by atoms with E-state index in [1.54, 1.807) is 49.8 Å². The van der Waals surface area contributed by atoms with Gasteiger partial charge in [0.1, 0.15) is 10.7 Å². The molecule has 0 spiro atoms. The molecular formula is C21H27N7O2S. The van der Waals surface area contributed by atoms with E-state index in [2.05, 4.69) is 30.0 Å². The molecule has 1 fully saturated rings. The quantitative estimate of drug-likeness (QED) is 0.605. The van der Waals surface area contributed by atoms with E-state index < -0.39 is 10.0 Å². The summed E-state index contributed by atoms with van der Waals surface area (Å²) in [4.78, 5) is 11.6. The van der Waals surface area contributed by atoms with Crippen molar-refractivity contribution in [2.24, 2.45) is 7.05 Å². The van der Waals surface area contributed by atoms with Crippen LogP contribution < -0.4 is 14.9 Å². The normalized spacial score (nSPS) is 14.1. The van der Waals surface area contributed by atoms with Gasteiger partial charge in [-0.2, -0.15) is 10.1 Å². The minimum Gasteiger partial charge on any atom is -0.356 e. The summed E-state index contributed by atoms with van der Waals surface area (Å²) in [5, 5.41) is 7.40. The molecule has 0 unspecified atom stereocenters. The first-order valence-electron chi connectivity index (χ1n) is 10.2. The lowest BCUT2D eigenvalue weighted by atomic mass is 10.3. The minimum absolute atomic E-state index is 0.208. The molecule has 2 N–H and O–H groups in total. The van der Waals surface area contributed by atoms with Crippen molar-refractivity contribution < 1.29 is 8.42 Å². The topological polar surface area (TPSA) is 105 Å². The Labute approximate surface area is 182 Å². The summed E-state index contributed by atoms with van der Waals surface area (Å²) >= 11 is 0. The molecular weight excluding hydrogens is 414 g/mol. The zero-order chi connectivity index (χ0) is 22.2. The van der Waals surface area contributed by atoms with Gasteiger partial charge in [0.2, 0.25) is 5.95 Å². The fraction of sp³-hybridized carbons (Fsp3) is 0.381. The maximum Gasteiger partial charge on any atom is 0.265 e. The largest absolute Gasteiger partial charge is 0.356 e. The second-order valence-corrected chi connectivity index (χ2v) is 9.44. The molecule has 0 radical (unpaired) electrons. The summed E-state index contributed by atoms with van der Waals surface area (Å²) in [7, 11) is -2.00. The van der Waals surface area contributed by atoms with Gasteiger partial charge >= 0.3 is 0 Å². The Kier molecular flexibility index (Phi) is 5.57. The van der Waals surface area contributed by atoms with Crippen LogP contribution in [0.5, 0.6) is 0 Å². The van der Waals surface area contributed by atoms with E-state index in [0.29, 0.717) is 23.0 Å². The molecule has 3 heterocycles. The number of sulfonamides is 1. The smallest absolute Gasteiger partial charge is 0.265 e. The summed E-state index contributed by atoms with van der Waals surface area (Å²) < 4.78 is 29.9. The van der Waals surface area contributed by atoms with Gasteiger partial charge in [-0.1, -0.05) is 0 Å². The standard InChI is InChI=1S/C21H27N7O2S/c1-14-13-19(28-11-5-6-12-28)24-21(22-14)23-17-7-9-18(10-8-17)26-31(29,30)20-15(2)25-27(4)16(20)3/h7-10,13,26H,5-6,11-12H2,1-4H3,(H,22,23,24). The van der Waals surface area contributed by atoms with Gasteiger partial charge in [-0.3, -0.25) is 9.40 Å². The van der Waals surface area contributed by atoms with Gasteiger partial charge in [0.15, 0.2) is 0 Å². The molecule has 31 heavy (non-hydrogen) atoms. The van der Waals surface area contributed by atoms with Crippen molar-refractivity contribution in [3.63, 3.8) is 0 Å². The Morgan fingerprint density at radius 1 is 0.968 bits per heavy atom. The molecule has 2 aromatic heterocycles. The number of benzene rings is 1. The van der Waals surface area contributed by atoms with Crippen LogP contribution in [0.3, 0.4) is 0 Å². The Morgan fingerprint density at radius 3 is 2.23 bits per heavy atom. The van der Waals surface area contributed by atoms with E-state index in [4.69, 9.17) is 0 Å². The van der Waals surface area contributed by atoms with Crippen molar-refractivity contribution in [3.8, 4) is 0 Å². The first-order valence-corrected chi connectivity index (χ1v) is 11.7. The zero-order valence-electron chi connectivity index (χ0n) is 18.2. The molecule has 0 bridgehead atoms. The lowest BCUT2D eigenvalue weighted by molar-refractivity contribution is 0.599. The number of rotatable bonds is 6. The van der Waals surface area contributed by atoms with Crippen LogP contribution >= 0.6 is 0 Å². The van der Waals surface area contributed by atoms with Crippen LogP contribution in [-0.4, -0.2) is 41.3 Å². The Bertz CT molecular complexity index is 1200. The van der Waals surface area contributed by atoms with Gasteiger partial charge in [-0.05, 0) is 57.9 Å². The van der Waals surface area contributed by atoms with Crippen LogP contribution in [0.25, 0.3) is 0 Å². The number of aromatic nitrogens is 4. The van der Waals surface area contributed by atoms with E-state index in [0.717, 1.165) is 30.3 Å². The molecule has 9 nitrogen and oxygen atoms in total. The summed E-state index contributed by atoms with van der Waals surface area (Å²) in [5.41, 5.74) is 3.20. The Hall–Kier alpha value is -3.14. The van der Waals surface area contributed by atoms with Crippen molar-refractivity contribution in [1.82, 2.24) is 19.7 Å². The number of hydrogen-bond acceptors (Lipinski definition) is 7. The van der Waals surface area contributed by atoms with Crippen LogP contribution in [0.4, 0.5) is 23.1 Å². The van der Waals surface area contributed by atoms with Crippen molar-refractivity contribution in [2.45, 2.75) is 38.5 Å². The second kappa shape index (κ2) is 8.18. The molecule has 10 heteroatoms. The van der Waals surface area contributed by atoms with Crippen molar-refractivity contribution in [3.05, 3.63) is 47.4 Å². The summed E-state index contributed by atoms with van der Waals surface area (Å²) in [6, 6.07) is 9.00. The highest BCUT2D eigenvalue weighted by Gasteiger charge is 2.24. The van der Waals surface area contributed by atoms with Crippen molar-refractivity contribution in [1.29, 1.82) is 0 Å². The number of nitrogens with one attached hydrogen (secondary N) is 2. The van der Waals surface area contributed by atoms with Crippen LogP contribution in [-0.2, 0) is 17.1 Å². The molecule has 1 saturated heterocycles. The molecule has 0 aliphatic carbocycles. The van der Waals surface area contributed by atoms with Crippen LogP contribution in [0, 0.1) is 20.8 Å². The first-order chi connectivity index (χ1) is 14.7. The predicted octanol–water partition coefficient (Wildman–Crippen LogP) is 3.28. The molecule has 3 aromatic rings. The lowest BCUT2D eigenvalue weighted by Gasteiger charge is -2.17. The molecule has 0 saturated carbocycles. The highest BCUT2D eigenvalue weighted by molar-refractivity contribution is 7.92. The monoisotopic (exact) mass is 441 g/mol. The lowest BCUT2D eigenvalue weighted by Crippen LogP contribution is -2.19. The third-order valence-electron chi connectivity index (χ3n) is 5.38. The van der Waals surface area contributed by atoms with Crippen LogP contribution in [0.1, 0.15) is 29.9 Å². The van der Waals surface area contributed by atoms with Gasteiger partial charge < -0.3 is 10.2 Å². The molecule has 0 atom stereocenters. The highest BCUT2D eigenvalue weighted by Crippen LogP contribution is 2.25. The molecule has 1 aliphatic heterocycles. The third-order valence-corrected chi connectivity index (χ3v) is 7.01. The van der Waals surface area contributed by atoms with E-state index >= 15 is 0 Å². The van der Waals surface area contributed by atoms with Gasteiger partial charge in [0.05, 0.1) is 11.4 Å². The number of aryl methyl sites for hydroxylation is 3. The first kappa shape index (κ1) is 21.1. The van der Waals surface area contributed by atoms with E-state index in [1.807, 2.05) is 13.0 Å². The maximum atomic E-state index is 12.8. The average molecular weight is 442 g/mol. The van der Waals surface area contributed by atoms with E-state index in [-0.39, 0.29) is 4.90 Å². The van der Waals surface area contributed by atoms with Crippen LogP contribution in [0.15, 0.2) is 35.2 Å². The Balaban J connectivity index is 1.50. The van der Waals surface area contributed by atoms with E-state index in [1.165, 1.54) is 12.8 Å². The molecule has 0 amide bonds. The number of anilines is 4. The van der Waals surface area contributed by atoms with Crippen molar-refractivity contribution >= 4 is 33.2 Å². The molecule has 164 valence electrons. The molecule has 1 aliphatic rings. The number of nitrogens with zero attached hydrogens (tertiary/aromatic N) is 5. The fourth-order valence-electron chi connectivity index (χ4n) is 3.82. The fourth-order valence-corrected chi connectivity index (χ4v) is 5.32. The molecule has 1 aromatic carbocycles. The minimum atomic E-state index is -3.73. The predicted molar refractivity (Wildman–Crippen MR) is 121 cm³/mol. The number of hydrogen-bond donors (Lipinski definition) is 2. The summed E-state index contributed by atoms with van der Waals surface area (Å²) in [5.74, 6) is 1.45. The molecule has 4 rings (SSSR count). The maximum absolute atomic E-state index is 12.8.